The van der Waals surface area contributed by atoms with Crippen LogP contribution in [0.1, 0.15) is 35.6 Å². The largest absolute Gasteiger partial charge is 0.463 e. The number of hydrogen-bond donors (Lipinski definition) is 1. The van der Waals surface area contributed by atoms with Crippen molar-refractivity contribution in [3.05, 3.63) is 75.8 Å². The minimum Gasteiger partial charge on any atom is -0.463 e. The first-order valence-electron chi connectivity index (χ1n) is 10.9. The maximum Gasteiger partial charge on any atom is 0.345 e. The van der Waals surface area contributed by atoms with E-state index in [1.54, 1.807) is 39.8 Å². The first kappa shape index (κ1) is 21.3. The van der Waals surface area contributed by atoms with Gasteiger partial charge in [0.25, 0.3) is 5.91 Å². The van der Waals surface area contributed by atoms with E-state index >= 15 is 0 Å². The Balaban J connectivity index is 1.28. The van der Waals surface area contributed by atoms with E-state index in [4.69, 9.17) is 16.0 Å². The highest BCUT2D eigenvalue weighted by Crippen LogP contribution is 2.25. The van der Waals surface area contributed by atoms with Gasteiger partial charge >= 0.3 is 5.69 Å². The minimum absolute atomic E-state index is 0.0700. The van der Waals surface area contributed by atoms with Gasteiger partial charge in [0.1, 0.15) is 11.5 Å². The molecule has 4 heterocycles. The average molecular weight is 467 g/mol. The SMILES string of the molecule is O=C(NCCCn1nc2n(c1=O)CCCC2)c1cc(-c2ccco2)n(-c2cccc(Cl)c2)n1. The molecule has 1 aromatic carbocycles. The summed E-state index contributed by atoms with van der Waals surface area (Å²) in [5.41, 5.74) is 1.55. The predicted molar refractivity (Wildman–Crippen MR) is 123 cm³/mol. The van der Waals surface area contributed by atoms with Crippen molar-refractivity contribution in [2.75, 3.05) is 6.54 Å². The van der Waals surface area contributed by atoms with Crippen molar-refractivity contribution in [1.29, 1.82) is 0 Å². The fraction of sp³-hybridized carbons (Fsp3) is 0.304. The standard InChI is InChI=1S/C23H23ClN6O3/c24-16-6-3-7-17(14-16)30-19(20-8-4-13-33-20)15-18(26-30)22(31)25-10-5-12-29-23(32)28-11-2-1-9-21(28)27-29/h3-4,6-8,13-15H,1-2,5,9-12H2,(H,25,31). The lowest BCUT2D eigenvalue weighted by atomic mass is 10.2. The van der Waals surface area contributed by atoms with E-state index in [1.165, 1.54) is 4.68 Å². The summed E-state index contributed by atoms with van der Waals surface area (Å²) in [5.74, 6) is 1.14. The Morgan fingerprint density at radius 1 is 1.15 bits per heavy atom. The fourth-order valence-electron chi connectivity index (χ4n) is 4.01. The Morgan fingerprint density at radius 3 is 2.85 bits per heavy atom. The summed E-state index contributed by atoms with van der Waals surface area (Å²) in [6.07, 6.45) is 5.07. The van der Waals surface area contributed by atoms with Gasteiger partial charge in [0.2, 0.25) is 0 Å². The van der Waals surface area contributed by atoms with Gasteiger partial charge in [-0.05, 0) is 49.6 Å². The molecule has 9 nitrogen and oxygen atoms in total. The number of carbonyl (C=O) groups excluding carboxylic acids is 1. The van der Waals surface area contributed by atoms with Gasteiger partial charge in [0.15, 0.2) is 11.5 Å². The van der Waals surface area contributed by atoms with Crippen molar-refractivity contribution in [3.8, 4) is 17.1 Å². The molecular formula is C23H23ClN6O3. The van der Waals surface area contributed by atoms with Crippen LogP contribution in [0, 0.1) is 0 Å². The van der Waals surface area contributed by atoms with Crippen molar-refractivity contribution < 1.29 is 9.21 Å². The Labute approximate surface area is 194 Å². The molecule has 1 amide bonds. The number of fused-ring (bicyclic) bond motifs is 1. The summed E-state index contributed by atoms with van der Waals surface area (Å²) < 4.78 is 10.4. The predicted octanol–water partition coefficient (Wildman–Crippen LogP) is 3.30. The van der Waals surface area contributed by atoms with Crippen LogP contribution < -0.4 is 11.0 Å². The number of carbonyl (C=O) groups is 1. The first-order chi connectivity index (χ1) is 16.1. The molecule has 1 aliphatic rings. The molecule has 1 N–H and O–H groups in total. The third kappa shape index (κ3) is 4.36. The van der Waals surface area contributed by atoms with Crippen molar-refractivity contribution in [3.63, 3.8) is 0 Å². The average Bonchev–Trinajstić information content (AvgIpc) is 3.56. The lowest BCUT2D eigenvalue weighted by Crippen LogP contribution is -2.29. The summed E-state index contributed by atoms with van der Waals surface area (Å²) in [7, 11) is 0. The number of benzene rings is 1. The molecular weight excluding hydrogens is 444 g/mol. The Hall–Kier alpha value is -3.59. The highest BCUT2D eigenvalue weighted by atomic mass is 35.5. The van der Waals surface area contributed by atoms with Gasteiger partial charge in [-0.2, -0.15) is 10.2 Å². The van der Waals surface area contributed by atoms with E-state index in [2.05, 4.69) is 15.5 Å². The normalized spacial score (nSPS) is 13.1. The van der Waals surface area contributed by atoms with Crippen LogP contribution in [0.3, 0.4) is 0 Å². The molecule has 0 radical (unpaired) electrons. The summed E-state index contributed by atoms with van der Waals surface area (Å²) >= 11 is 6.15. The molecule has 0 aliphatic carbocycles. The molecule has 33 heavy (non-hydrogen) atoms. The summed E-state index contributed by atoms with van der Waals surface area (Å²) in [6.45, 7) is 1.58. The van der Waals surface area contributed by atoms with Gasteiger partial charge in [-0.1, -0.05) is 17.7 Å². The fourth-order valence-corrected chi connectivity index (χ4v) is 4.20. The first-order valence-corrected chi connectivity index (χ1v) is 11.3. The van der Waals surface area contributed by atoms with Gasteiger partial charge in [-0.15, -0.1) is 0 Å². The maximum atomic E-state index is 12.8. The van der Waals surface area contributed by atoms with E-state index in [9.17, 15) is 9.59 Å². The Bertz CT molecular complexity index is 1330. The van der Waals surface area contributed by atoms with Crippen molar-refractivity contribution >= 4 is 17.5 Å². The molecule has 10 heteroatoms. The molecule has 0 saturated heterocycles. The maximum absolute atomic E-state index is 12.8. The van der Waals surface area contributed by atoms with E-state index in [-0.39, 0.29) is 17.3 Å². The molecule has 1 aliphatic heterocycles. The molecule has 0 unspecified atom stereocenters. The number of halogens is 1. The van der Waals surface area contributed by atoms with Crippen molar-refractivity contribution in [1.82, 2.24) is 29.4 Å². The number of nitrogens with zero attached hydrogens (tertiary/aromatic N) is 5. The van der Waals surface area contributed by atoms with Crippen LogP contribution in [-0.2, 0) is 19.5 Å². The Morgan fingerprint density at radius 2 is 2.06 bits per heavy atom. The van der Waals surface area contributed by atoms with E-state index in [0.717, 1.165) is 37.3 Å². The second-order valence-electron chi connectivity index (χ2n) is 7.92. The number of hydrogen-bond acceptors (Lipinski definition) is 5. The van der Waals surface area contributed by atoms with Gasteiger partial charge < -0.3 is 9.73 Å². The molecule has 5 rings (SSSR count). The van der Waals surface area contributed by atoms with E-state index in [0.29, 0.717) is 36.0 Å². The van der Waals surface area contributed by atoms with Gasteiger partial charge in [0.05, 0.1) is 12.0 Å². The number of aromatic nitrogens is 5. The summed E-state index contributed by atoms with van der Waals surface area (Å²) in [5, 5.41) is 12.4. The van der Waals surface area contributed by atoms with Gasteiger partial charge in [0, 0.05) is 37.1 Å². The van der Waals surface area contributed by atoms with Gasteiger partial charge in [-0.3, -0.25) is 9.36 Å². The van der Waals surface area contributed by atoms with Crippen LogP contribution in [0.15, 0.2) is 57.9 Å². The van der Waals surface area contributed by atoms with E-state index < -0.39 is 0 Å². The number of aryl methyl sites for hydroxylation is 2. The third-order valence-electron chi connectivity index (χ3n) is 5.63. The van der Waals surface area contributed by atoms with Crippen LogP contribution in [0.5, 0.6) is 0 Å². The van der Waals surface area contributed by atoms with Crippen LogP contribution in [-0.4, -0.2) is 36.6 Å². The second-order valence-corrected chi connectivity index (χ2v) is 8.36. The van der Waals surface area contributed by atoms with Crippen LogP contribution >= 0.6 is 11.6 Å². The minimum atomic E-state index is -0.305. The number of amides is 1. The van der Waals surface area contributed by atoms with Crippen molar-refractivity contribution in [2.24, 2.45) is 0 Å². The summed E-state index contributed by atoms with van der Waals surface area (Å²) in [4.78, 5) is 25.2. The van der Waals surface area contributed by atoms with Gasteiger partial charge in [-0.25, -0.2) is 14.2 Å². The molecule has 0 spiro atoms. The number of furan rings is 1. The molecule has 0 bridgehead atoms. The third-order valence-corrected chi connectivity index (χ3v) is 5.87. The lowest BCUT2D eigenvalue weighted by molar-refractivity contribution is 0.0947. The Kier molecular flexibility index (Phi) is 5.87. The molecule has 0 saturated carbocycles. The molecule has 4 aromatic rings. The molecule has 0 atom stereocenters. The van der Waals surface area contributed by atoms with Crippen molar-refractivity contribution in [2.45, 2.75) is 38.8 Å². The zero-order chi connectivity index (χ0) is 22.8. The highest BCUT2D eigenvalue weighted by molar-refractivity contribution is 6.30. The van der Waals surface area contributed by atoms with E-state index in [1.807, 2.05) is 18.2 Å². The zero-order valence-corrected chi connectivity index (χ0v) is 18.7. The summed E-state index contributed by atoms with van der Waals surface area (Å²) in [6, 6.07) is 12.5. The molecule has 170 valence electrons. The number of rotatable bonds is 7. The molecule has 3 aromatic heterocycles. The van der Waals surface area contributed by atoms with Crippen LogP contribution in [0.4, 0.5) is 0 Å². The highest BCUT2D eigenvalue weighted by Gasteiger charge is 2.19. The van der Waals surface area contributed by atoms with Crippen LogP contribution in [0.2, 0.25) is 5.02 Å². The smallest absolute Gasteiger partial charge is 0.345 e. The van der Waals surface area contributed by atoms with Crippen LogP contribution in [0.25, 0.3) is 17.1 Å². The topological polar surface area (TPSA) is 99.9 Å². The number of nitrogens with one attached hydrogen (secondary N) is 1. The quantitative estimate of drug-likeness (QED) is 0.421. The zero-order valence-electron chi connectivity index (χ0n) is 17.9. The molecule has 0 fully saturated rings. The lowest BCUT2D eigenvalue weighted by Gasteiger charge is -2.09. The second kappa shape index (κ2) is 9.11. The monoisotopic (exact) mass is 466 g/mol.